The molecule has 2 rings (SSSR count). The van der Waals surface area contributed by atoms with Gasteiger partial charge in [-0.25, -0.2) is 0 Å². The van der Waals surface area contributed by atoms with Crippen LogP contribution in [0.3, 0.4) is 0 Å². The summed E-state index contributed by atoms with van der Waals surface area (Å²) >= 11 is 0.990. The lowest BCUT2D eigenvalue weighted by atomic mass is 10.1. The number of piperazine rings is 1. The molecule has 2 unspecified atom stereocenters. The van der Waals surface area contributed by atoms with E-state index in [2.05, 4.69) is 5.32 Å². The van der Waals surface area contributed by atoms with Crippen molar-refractivity contribution in [1.29, 1.82) is 0 Å². The van der Waals surface area contributed by atoms with Gasteiger partial charge in [-0.2, -0.15) is 0 Å². The molecule has 1 fully saturated rings. The fourth-order valence-corrected chi connectivity index (χ4v) is 2.70. The van der Waals surface area contributed by atoms with Crippen molar-refractivity contribution in [2.24, 2.45) is 0 Å². The first-order chi connectivity index (χ1) is 8.49. The molecule has 0 aromatic carbocycles. The predicted octanol–water partition coefficient (Wildman–Crippen LogP) is 1.90. The SMILES string of the molecule is CC1CN(C(=O)c2csc([N+](=O)[O-])c2)C(C)CN1.Cl. The molecule has 2 heterocycles. The number of amides is 1. The van der Waals surface area contributed by atoms with Gasteiger partial charge in [-0.1, -0.05) is 11.3 Å². The summed E-state index contributed by atoms with van der Waals surface area (Å²) in [5.41, 5.74) is 0.410. The third kappa shape index (κ3) is 3.43. The van der Waals surface area contributed by atoms with Gasteiger partial charge in [0.1, 0.15) is 0 Å². The zero-order valence-corrected chi connectivity index (χ0v) is 12.3. The minimum absolute atomic E-state index is 0. The van der Waals surface area contributed by atoms with Gasteiger partial charge in [0.25, 0.3) is 5.91 Å². The van der Waals surface area contributed by atoms with E-state index in [0.29, 0.717) is 12.1 Å². The summed E-state index contributed by atoms with van der Waals surface area (Å²) in [4.78, 5) is 24.2. The summed E-state index contributed by atoms with van der Waals surface area (Å²) in [5.74, 6) is -0.125. The molecule has 0 radical (unpaired) electrons. The smallest absolute Gasteiger partial charge is 0.324 e. The monoisotopic (exact) mass is 305 g/mol. The van der Waals surface area contributed by atoms with Gasteiger partial charge in [-0.3, -0.25) is 14.9 Å². The first-order valence-corrected chi connectivity index (χ1v) is 6.64. The second-order valence-electron chi connectivity index (χ2n) is 4.55. The minimum atomic E-state index is -0.467. The molecule has 1 amide bonds. The van der Waals surface area contributed by atoms with Gasteiger partial charge in [0.05, 0.1) is 10.5 Å². The number of nitrogens with zero attached hydrogens (tertiary/aromatic N) is 2. The van der Waals surface area contributed by atoms with Crippen LogP contribution in [-0.4, -0.2) is 40.9 Å². The molecule has 1 aromatic heterocycles. The normalized spacial score (nSPS) is 22.7. The summed E-state index contributed by atoms with van der Waals surface area (Å²) in [5, 5.41) is 15.5. The van der Waals surface area contributed by atoms with Crippen molar-refractivity contribution in [3.63, 3.8) is 0 Å². The maximum absolute atomic E-state index is 12.3. The Bertz CT molecular complexity index is 480. The Morgan fingerprint density at radius 1 is 1.58 bits per heavy atom. The van der Waals surface area contributed by atoms with Gasteiger partial charge < -0.3 is 10.2 Å². The number of nitrogens with one attached hydrogen (secondary N) is 1. The average Bonchev–Trinajstić information content (AvgIpc) is 2.81. The van der Waals surface area contributed by atoms with Crippen LogP contribution in [0.25, 0.3) is 0 Å². The highest BCUT2D eigenvalue weighted by Crippen LogP contribution is 2.24. The Kier molecular flexibility index (Phi) is 5.28. The molecule has 0 bridgehead atoms. The van der Waals surface area contributed by atoms with E-state index in [0.717, 1.165) is 17.9 Å². The van der Waals surface area contributed by atoms with Gasteiger partial charge >= 0.3 is 5.00 Å². The predicted molar refractivity (Wildman–Crippen MR) is 76.2 cm³/mol. The highest BCUT2D eigenvalue weighted by atomic mass is 35.5. The first kappa shape index (κ1) is 15.9. The van der Waals surface area contributed by atoms with Crippen molar-refractivity contribution in [2.45, 2.75) is 25.9 Å². The molecule has 1 aliphatic heterocycles. The summed E-state index contributed by atoms with van der Waals surface area (Å²) in [7, 11) is 0. The number of rotatable bonds is 2. The lowest BCUT2D eigenvalue weighted by Crippen LogP contribution is -2.56. The third-order valence-electron chi connectivity index (χ3n) is 3.04. The van der Waals surface area contributed by atoms with Crippen LogP contribution in [0.5, 0.6) is 0 Å². The van der Waals surface area contributed by atoms with Gasteiger partial charge in [0.2, 0.25) is 0 Å². The van der Waals surface area contributed by atoms with Crippen molar-refractivity contribution >= 4 is 34.7 Å². The Morgan fingerprint density at radius 2 is 2.26 bits per heavy atom. The number of halogens is 1. The van der Waals surface area contributed by atoms with E-state index in [1.807, 2.05) is 13.8 Å². The molecule has 8 heteroatoms. The fraction of sp³-hybridized carbons (Fsp3) is 0.545. The van der Waals surface area contributed by atoms with Crippen molar-refractivity contribution < 1.29 is 9.72 Å². The van der Waals surface area contributed by atoms with E-state index >= 15 is 0 Å². The maximum Gasteiger partial charge on any atom is 0.324 e. The fourth-order valence-electron chi connectivity index (χ4n) is 2.00. The molecule has 0 aliphatic carbocycles. The van der Waals surface area contributed by atoms with E-state index in [1.54, 1.807) is 10.3 Å². The van der Waals surface area contributed by atoms with Crippen LogP contribution in [0, 0.1) is 10.1 Å². The molecular weight excluding hydrogens is 290 g/mol. The van der Waals surface area contributed by atoms with Gasteiger partial charge in [0.15, 0.2) is 0 Å². The largest absolute Gasteiger partial charge is 0.333 e. The number of hydrogen-bond donors (Lipinski definition) is 1. The summed E-state index contributed by atoms with van der Waals surface area (Å²) in [6.45, 7) is 5.36. The van der Waals surface area contributed by atoms with Crippen LogP contribution >= 0.6 is 23.7 Å². The van der Waals surface area contributed by atoms with Crippen molar-refractivity contribution in [2.75, 3.05) is 13.1 Å². The molecule has 0 saturated carbocycles. The number of carbonyl (C=O) groups is 1. The third-order valence-corrected chi connectivity index (χ3v) is 3.92. The molecule has 19 heavy (non-hydrogen) atoms. The lowest BCUT2D eigenvalue weighted by molar-refractivity contribution is -0.380. The summed E-state index contributed by atoms with van der Waals surface area (Å²) < 4.78 is 0. The second kappa shape index (κ2) is 6.31. The second-order valence-corrected chi connectivity index (χ2v) is 5.44. The van der Waals surface area contributed by atoms with Crippen LogP contribution < -0.4 is 5.32 Å². The number of thiophene rings is 1. The molecule has 6 nitrogen and oxygen atoms in total. The molecule has 2 atom stereocenters. The summed E-state index contributed by atoms with van der Waals surface area (Å²) in [6, 6.07) is 1.71. The van der Waals surface area contributed by atoms with Gasteiger partial charge in [-0.15, -0.1) is 12.4 Å². The van der Waals surface area contributed by atoms with E-state index in [1.165, 1.54) is 6.07 Å². The van der Waals surface area contributed by atoms with Crippen LogP contribution in [0.1, 0.15) is 24.2 Å². The zero-order valence-electron chi connectivity index (χ0n) is 10.7. The van der Waals surface area contributed by atoms with E-state index < -0.39 is 4.92 Å². The van der Waals surface area contributed by atoms with E-state index in [4.69, 9.17) is 0 Å². The van der Waals surface area contributed by atoms with Gasteiger partial charge in [0, 0.05) is 36.6 Å². The van der Waals surface area contributed by atoms with Crippen LogP contribution in [0.15, 0.2) is 11.4 Å². The quantitative estimate of drug-likeness (QED) is 0.669. The Labute approximate surface area is 121 Å². The highest BCUT2D eigenvalue weighted by molar-refractivity contribution is 7.13. The molecule has 1 N–H and O–H groups in total. The van der Waals surface area contributed by atoms with Crippen molar-refractivity contribution in [1.82, 2.24) is 10.2 Å². The number of hydrogen-bond acceptors (Lipinski definition) is 5. The molecular formula is C11H16ClN3O3S. The van der Waals surface area contributed by atoms with Gasteiger partial charge in [-0.05, 0) is 13.8 Å². The van der Waals surface area contributed by atoms with Crippen LogP contribution in [-0.2, 0) is 0 Å². The number of nitro groups is 1. The van der Waals surface area contributed by atoms with E-state index in [9.17, 15) is 14.9 Å². The average molecular weight is 306 g/mol. The Hall–Kier alpha value is -1.18. The van der Waals surface area contributed by atoms with E-state index in [-0.39, 0.29) is 35.4 Å². The Balaban J connectivity index is 0.00000180. The molecule has 0 spiro atoms. The number of carbonyl (C=O) groups excluding carboxylic acids is 1. The first-order valence-electron chi connectivity index (χ1n) is 5.76. The van der Waals surface area contributed by atoms with Crippen molar-refractivity contribution in [3.05, 3.63) is 27.1 Å². The zero-order chi connectivity index (χ0) is 13.3. The maximum atomic E-state index is 12.3. The molecule has 1 aromatic rings. The van der Waals surface area contributed by atoms with Crippen LogP contribution in [0.4, 0.5) is 5.00 Å². The van der Waals surface area contributed by atoms with Crippen molar-refractivity contribution in [3.8, 4) is 0 Å². The Morgan fingerprint density at radius 3 is 2.84 bits per heavy atom. The molecule has 1 saturated heterocycles. The summed E-state index contributed by atoms with van der Waals surface area (Å²) in [6.07, 6.45) is 0. The standard InChI is InChI=1S/C11H15N3O3S.ClH/c1-7-5-13(8(2)4-12-7)11(15)9-3-10(14(16)17)18-6-9;/h3,6-8,12H,4-5H2,1-2H3;1H. The topological polar surface area (TPSA) is 75.5 Å². The molecule has 106 valence electrons. The minimum Gasteiger partial charge on any atom is -0.333 e. The molecule has 1 aliphatic rings. The highest BCUT2D eigenvalue weighted by Gasteiger charge is 2.28. The lowest BCUT2D eigenvalue weighted by Gasteiger charge is -2.37. The van der Waals surface area contributed by atoms with Crippen LogP contribution in [0.2, 0.25) is 0 Å².